The summed E-state index contributed by atoms with van der Waals surface area (Å²) < 4.78 is 5.85. The highest BCUT2D eigenvalue weighted by Gasteiger charge is 2.06. The molecule has 0 saturated heterocycles. The third-order valence-corrected chi connectivity index (χ3v) is 3.14. The van der Waals surface area contributed by atoms with E-state index < -0.39 is 0 Å². The Hall–Kier alpha value is -1.46. The average molecular weight is 323 g/mol. The highest BCUT2D eigenvalue weighted by atomic mass is 79.9. The van der Waals surface area contributed by atoms with Crippen LogP contribution in [0, 0.1) is 0 Å². The van der Waals surface area contributed by atoms with E-state index in [1.54, 1.807) is 13.3 Å². The molecule has 0 aliphatic rings. The lowest BCUT2D eigenvalue weighted by molar-refractivity contribution is -0.116. The maximum absolute atomic E-state index is 11.8. The predicted octanol–water partition coefficient (Wildman–Crippen LogP) is 3.36. The number of carbonyl (C=O) groups excluding carboxylic acids is 1. The molecule has 0 atom stereocenters. The lowest BCUT2D eigenvalue weighted by atomic mass is 10.2. The van der Waals surface area contributed by atoms with Crippen molar-refractivity contribution in [1.29, 1.82) is 0 Å². The molecule has 0 saturated carbocycles. The van der Waals surface area contributed by atoms with Crippen LogP contribution in [0.3, 0.4) is 0 Å². The monoisotopic (exact) mass is 322 g/mol. The topological polar surface area (TPSA) is 51.2 Å². The molecule has 0 unspecified atom stereocenters. The van der Waals surface area contributed by atoms with Crippen molar-refractivity contribution >= 4 is 38.4 Å². The van der Waals surface area contributed by atoms with Crippen LogP contribution in [-0.2, 0) is 9.53 Å². The second kappa shape index (κ2) is 6.63. The molecule has 0 spiro atoms. The van der Waals surface area contributed by atoms with Crippen LogP contribution in [-0.4, -0.2) is 24.6 Å². The number of fused-ring (bicyclic) bond motifs is 1. The lowest BCUT2D eigenvalue weighted by Crippen LogP contribution is -2.12. The number of amides is 1. The minimum Gasteiger partial charge on any atom is -0.385 e. The number of nitrogens with one attached hydrogen (secondary N) is 1. The van der Waals surface area contributed by atoms with E-state index in [1.165, 1.54) is 0 Å². The molecule has 2 aromatic rings. The van der Waals surface area contributed by atoms with Crippen molar-refractivity contribution in [2.45, 2.75) is 12.8 Å². The molecule has 1 N–H and O–H groups in total. The van der Waals surface area contributed by atoms with Gasteiger partial charge in [-0.15, -0.1) is 0 Å². The van der Waals surface area contributed by atoms with Crippen LogP contribution in [0.15, 0.2) is 34.9 Å². The molecule has 5 heteroatoms. The number of para-hydroxylation sites is 1. The Kier molecular flexibility index (Phi) is 4.87. The van der Waals surface area contributed by atoms with Crippen molar-refractivity contribution in [1.82, 2.24) is 4.98 Å². The summed E-state index contributed by atoms with van der Waals surface area (Å²) in [6, 6.07) is 7.70. The van der Waals surface area contributed by atoms with Gasteiger partial charge < -0.3 is 10.1 Å². The highest BCUT2D eigenvalue weighted by Crippen LogP contribution is 2.24. The van der Waals surface area contributed by atoms with Crippen LogP contribution < -0.4 is 5.32 Å². The van der Waals surface area contributed by atoms with Crippen LogP contribution in [0.1, 0.15) is 12.8 Å². The van der Waals surface area contributed by atoms with Crippen molar-refractivity contribution in [3.8, 4) is 0 Å². The van der Waals surface area contributed by atoms with Gasteiger partial charge in [0, 0.05) is 36.2 Å². The van der Waals surface area contributed by atoms with Gasteiger partial charge in [-0.1, -0.05) is 12.1 Å². The molecule has 0 aliphatic heterocycles. The molecule has 1 heterocycles. The zero-order valence-corrected chi connectivity index (χ0v) is 12.2. The molecule has 1 aromatic carbocycles. The Bertz CT molecular complexity index is 587. The first kappa shape index (κ1) is 14.0. The number of ether oxygens (including phenoxy) is 1. The smallest absolute Gasteiger partial charge is 0.224 e. The van der Waals surface area contributed by atoms with Gasteiger partial charge in [-0.05, 0) is 34.5 Å². The molecule has 1 aromatic heterocycles. The molecular weight excluding hydrogens is 308 g/mol. The molecule has 100 valence electrons. The van der Waals surface area contributed by atoms with E-state index in [9.17, 15) is 4.79 Å². The van der Waals surface area contributed by atoms with Gasteiger partial charge in [0.15, 0.2) is 0 Å². The Morgan fingerprint density at radius 3 is 3.11 bits per heavy atom. The summed E-state index contributed by atoms with van der Waals surface area (Å²) in [6.07, 6.45) is 2.88. The fourth-order valence-electron chi connectivity index (χ4n) is 1.82. The summed E-state index contributed by atoms with van der Waals surface area (Å²) in [5, 5.41) is 3.88. The fourth-order valence-corrected chi connectivity index (χ4v) is 2.17. The first-order chi connectivity index (χ1) is 9.20. The second-order valence-corrected chi connectivity index (χ2v) is 5.09. The molecule has 1 amide bonds. The molecule has 0 fully saturated rings. The van der Waals surface area contributed by atoms with Crippen molar-refractivity contribution in [3.05, 3.63) is 34.9 Å². The van der Waals surface area contributed by atoms with E-state index in [0.717, 1.165) is 21.1 Å². The van der Waals surface area contributed by atoms with Crippen LogP contribution in [0.2, 0.25) is 0 Å². The lowest BCUT2D eigenvalue weighted by Gasteiger charge is -2.08. The average Bonchev–Trinajstić information content (AvgIpc) is 2.39. The van der Waals surface area contributed by atoms with E-state index in [0.29, 0.717) is 19.4 Å². The third kappa shape index (κ3) is 3.75. The summed E-state index contributed by atoms with van der Waals surface area (Å²) in [6.45, 7) is 0.591. The number of hydrogen-bond acceptors (Lipinski definition) is 3. The number of aromatic nitrogens is 1. The Morgan fingerprint density at radius 2 is 2.32 bits per heavy atom. The van der Waals surface area contributed by atoms with Gasteiger partial charge in [0.25, 0.3) is 0 Å². The number of hydrogen-bond donors (Lipinski definition) is 1. The molecular formula is C14H15BrN2O2. The minimum absolute atomic E-state index is 0.0192. The molecule has 19 heavy (non-hydrogen) atoms. The molecule has 4 nitrogen and oxygen atoms in total. The van der Waals surface area contributed by atoms with Gasteiger partial charge in [-0.3, -0.25) is 9.78 Å². The van der Waals surface area contributed by atoms with Crippen molar-refractivity contribution in [2.24, 2.45) is 0 Å². The zero-order chi connectivity index (χ0) is 13.7. The molecule has 0 radical (unpaired) electrons. The number of rotatable bonds is 5. The Labute approximate surface area is 120 Å². The first-order valence-corrected chi connectivity index (χ1v) is 6.83. The number of anilines is 1. The van der Waals surface area contributed by atoms with Gasteiger partial charge in [-0.25, -0.2) is 0 Å². The van der Waals surface area contributed by atoms with Crippen LogP contribution >= 0.6 is 15.9 Å². The number of carbonyl (C=O) groups is 1. The fraction of sp³-hybridized carbons (Fsp3) is 0.286. The van der Waals surface area contributed by atoms with Crippen LogP contribution in [0.25, 0.3) is 10.9 Å². The highest BCUT2D eigenvalue weighted by molar-refractivity contribution is 9.10. The molecule has 0 aliphatic carbocycles. The van der Waals surface area contributed by atoms with Gasteiger partial charge in [-0.2, -0.15) is 0 Å². The summed E-state index contributed by atoms with van der Waals surface area (Å²) in [7, 11) is 1.63. The summed E-state index contributed by atoms with van der Waals surface area (Å²) in [5.41, 5.74) is 1.54. The normalized spacial score (nSPS) is 10.6. The summed E-state index contributed by atoms with van der Waals surface area (Å²) >= 11 is 3.39. The van der Waals surface area contributed by atoms with E-state index >= 15 is 0 Å². The first-order valence-electron chi connectivity index (χ1n) is 6.04. The van der Waals surface area contributed by atoms with Gasteiger partial charge >= 0.3 is 0 Å². The number of nitrogens with zero attached hydrogens (tertiary/aromatic N) is 1. The van der Waals surface area contributed by atoms with E-state index in [4.69, 9.17) is 4.74 Å². The quantitative estimate of drug-likeness (QED) is 0.859. The van der Waals surface area contributed by atoms with Crippen LogP contribution in [0.4, 0.5) is 5.69 Å². The second-order valence-electron chi connectivity index (χ2n) is 4.18. The van der Waals surface area contributed by atoms with Crippen LogP contribution in [0.5, 0.6) is 0 Å². The summed E-state index contributed by atoms with van der Waals surface area (Å²) in [4.78, 5) is 16.1. The molecule has 2 rings (SSSR count). The Balaban J connectivity index is 2.14. The maximum Gasteiger partial charge on any atom is 0.224 e. The van der Waals surface area contributed by atoms with E-state index in [2.05, 4.69) is 26.2 Å². The van der Waals surface area contributed by atoms with Crippen molar-refractivity contribution in [2.75, 3.05) is 19.0 Å². The Morgan fingerprint density at radius 1 is 1.47 bits per heavy atom. The largest absolute Gasteiger partial charge is 0.385 e. The van der Waals surface area contributed by atoms with Gasteiger partial charge in [0.1, 0.15) is 0 Å². The van der Waals surface area contributed by atoms with Gasteiger partial charge in [0.2, 0.25) is 5.91 Å². The SMILES string of the molecule is COCCCC(=O)Nc1cccc2cc(Br)cnc12. The summed E-state index contributed by atoms with van der Waals surface area (Å²) in [5.74, 6) is -0.0192. The number of benzene rings is 1. The number of halogens is 1. The number of methoxy groups -OCH3 is 1. The van der Waals surface area contributed by atoms with Crippen molar-refractivity contribution < 1.29 is 9.53 Å². The predicted molar refractivity (Wildman–Crippen MR) is 79.2 cm³/mol. The standard InChI is InChI=1S/C14H15BrN2O2/c1-19-7-3-6-13(18)17-12-5-2-4-10-8-11(15)9-16-14(10)12/h2,4-5,8-9H,3,6-7H2,1H3,(H,17,18). The number of pyridine rings is 1. The third-order valence-electron chi connectivity index (χ3n) is 2.70. The van der Waals surface area contributed by atoms with Gasteiger partial charge in [0.05, 0.1) is 11.2 Å². The van der Waals surface area contributed by atoms with E-state index in [-0.39, 0.29) is 5.91 Å². The molecule has 0 bridgehead atoms. The maximum atomic E-state index is 11.8. The van der Waals surface area contributed by atoms with E-state index in [1.807, 2.05) is 24.3 Å². The minimum atomic E-state index is -0.0192. The van der Waals surface area contributed by atoms with Crippen molar-refractivity contribution in [3.63, 3.8) is 0 Å². The zero-order valence-electron chi connectivity index (χ0n) is 10.6.